The maximum atomic E-state index is 11.9. The summed E-state index contributed by atoms with van der Waals surface area (Å²) in [6, 6.07) is 0. The number of pyridine rings is 1. The van der Waals surface area contributed by atoms with E-state index in [-0.39, 0.29) is 5.91 Å². The average Bonchev–Trinajstić information content (AvgIpc) is 2.73. The molecule has 0 unspecified atom stereocenters. The molecule has 0 saturated heterocycles. The lowest BCUT2D eigenvalue weighted by molar-refractivity contribution is 0.0950. The summed E-state index contributed by atoms with van der Waals surface area (Å²) in [6.45, 7) is 4.75. The maximum absolute atomic E-state index is 11.9. The van der Waals surface area contributed by atoms with Gasteiger partial charge in [-0.3, -0.25) is 9.78 Å². The van der Waals surface area contributed by atoms with Crippen LogP contribution in [-0.4, -0.2) is 27.4 Å². The molecule has 0 radical (unpaired) electrons. The van der Waals surface area contributed by atoms with Crippen LogP contribution in [0.3, 0.4) is 0 Å². The van der Waals surface area contributed by atoms with Gasteiger partial charge in [-0.15, -0.1) is 0 Å². The Morgan fingerprint density at radius 1 is 1.50 bits per heavy atom. The second kappa shape index (κ2) is 4.30. The number of fused-ring (bicyclic) bond motifs is 1. The van der Waals surface area contributed by atoms with Gasteiger partial charge >= 0.3 is 0 Å². The Morgan fingerprint density at radius 3 is 3.06 bits per heavy atom. The standard InChI is InChI=1S/C11H14N4O/c1-7(2)3-13-11(16)8-4-12-5-9-10(8)15-6-14-9/h4-7H,3H2,1-2H3,(H,13,16)(H,14,15). The minimum Gasteiger partial charge on any atom is -0.352 e. The van der Waals surface area contributed by atoms with E-state index in [0.717, 1.165) is 5.52 Å². The lowest BCUT2D eigenvalue weighted by Gasteiger charge is -2.07. The summed E-state index contributed by atoms with van der Waals surface area (Å²) in [7, 11) is 0. The van der Waals surface area contributed by atoms with Gasteiger partial charge in [0.2, 0.25) is 0 Å². The van der Waals surface area contributed by atoms with Crippen molar-refractivity contribution in [3.05, 3.63) is 24.3 Å². The molecule has 5 heteroatoms. The fraction of sp³-hybridized carbons (Fsp3) is 0.364. The van der Waals surface area contributed by atoms with Gasteiger partial charge in [-0.25, -0.2) is 4.98 Å². The van der Waals surface area contributed by atoms with Crippen LogP contribution in [-0.2, 0) is 0 Å². The van der Waals surface area contributed by atoms with Crippen LogP contribution >= 0.6 is 0 Å². The molecule has 0 atom stereocenters. The van der Waals surface area contributed by atoms with Crippen molar-refractivity contribution in [3.63, 3.8) is 0 Å². The number of hydrogen-bond donors (Lipinski definition) is 2. The minimum absolute atomic E-state index is 0.126. The summed E-state index contributed by atoms with van der Waals surface area (Å²) in [5, 5.41) is 2.85. The van der Waals surface area contributed by atoms with E-state index in [1.807, 2.05) is 13.8 Å². The number of nitrogens with zero attached hydrogens (tertiary/aromatic N) is 2. The molecule has 0 aliphatic rings. The van der Waals surface area contributed by atoms with Crippen LogP contribution in [0.15, 0.2) is 18.7 Å². The molecule has 0 saturated carbocycles. The Morgan fingerprint density at radius 2 is 2.31 bits per heavy atom. The van der Waals surface area contributed by atoms with Crippen LogP contribution in [0.5, 0.6) is 0 Å². The van der Waals surface area contributed by atoms with Crippen molar-refractivity contribution in [1.82, 2.24) is 20.3 Å². The number of hydrogen-bond acceptors (Lipinski definition) is 3. The SMILES string of the molecule is CC(C)CNC(=O)c1cncc2[nH]cnc12. The molecular formula is C11H14N4O. The van der Waals surface area contributed by atoms with Gasteiger partial charge in [-0.1, -0.05) is 13.8 Å². The van der Waals surface area contributed by atoms with E-state index in [0.29, 0.717) is 23.5 Å². The smallest absolute Gasteiger partial charge is 0.255 e. The number of amides is 1. The molecule has 2 N–H and O–H groups in total. The van der Waals surface area contributed by atoms with E-state index in [1.165, 1.54) is 0 Å². The molecule has 84 valence electrons. The number of H-pyrrole nitrogens is 1. The first-order valence-corrected chi connectivity index (χ1v) is 5.23. The first-order valence-electron chi connectivity index (χ1n) is 5.23. The summed E-state index contributed by atoms with van der Waals surface area (Å²) >= 11 is 0. The Bertz CT molecular complexity index is 503. The van der Waals surface area contributed by atoms with Crippen molar-refractivity contribution in [3.8, 4) is 0 Å². The van der Waals surface area contributed by atoms with E-state index < -0.39 is 0 Å². The summed E-state index contributed by atoms with van der Waals surface area (Å²) in [6.07, 6.45) is 4.76. The third kappa shape index (κ3) is 2.03. The Kier molecular flexibility index (Phi) is 2.85. The predicted octanol–water partition coefficient (Wildman–Crippen LogP) is 1.34. The van der Waals surface area contributed by atoms with E-state index in [2.05, 4.69) is 20.3 Å². The maximum Gasteiger partial charge on any atom is 0.255 e. The number of aromatic amines is 1. The molecule has 5 nitrogen and oxygen atoms in total. The van der Waals surface area contributed by atoms with Crippen molar-refractivity contribution >= 4 is 16.9 Å². The number of rotatable bonds is 3. The van der Waals surface area contributed by atoms with Crippen LogP contribution < -0.4 is 5.32 Å². The van der Waals surface area contributed by atoms with Crippen LogP contribution in [0.2, 0.25) is 0 Å². The molecule has 16 heavy (non-hydrogen) atoms. The van der Waals surface area contributed by atoms with Gasteiger partial charge in [0, 0.05) is 12.7 Å². The summed E-state index contributed by atoms with van der Waals surface area (Å²) in [5.74, 6) is 0.300. The van der Waals surface area contributed by atoms with Gasteiger partial charge in [0.25, 0.3) is 5.91 Å². The van der Waals surface area contributed by atoms with Gasteiger partial charge < -0.3 is 10.3 Å². The zero-order valence-corrected chi connectivity index (χ0v) is 9.32. The average molecular weight is 218 g/mol. The topological polar surface area (TPSA) is 70.7 Å². The largest absolute Gasteiger partial charge is 0.352 e. The fourth-order valence-electron chi connectivity index (χ4n) is 1.42. The van der Waals surface area contributed by atoms with Crippen molar-refractivity contribution in [2.75, 3.05) is 6.54 Å². The van der Waals surface area contributed by atoms with Crippen molar-refractivity contribution in [2.45, 2.75) is 13.8 Å². The number of imidazole rings is 1. The summed E-state index contributed by atoms with van der Waals surface area (Å²) in [4.78, 5) is 22.9. The molecular weight excluding hydrogens is 204 g/mol. The van der Waals surface area contributed by atoms with Crippen molar-refractivity contribution < 1.29 is 4.79 Å². The van der Waals surface area contributed by atoms with Crippen LogP contribution in [0.25, 0.3) is 11.0 Å². The number of aromatic nitrogens is 3. The van der Waals surface area contributed by atoms with Gasteiger partial charge in [0.1, 0.15) is 5.52 Å². The third-order valence-electron chi connectivity index (χ3n) is 2.25. The highest BCUT2D eigenvalue weighted by Crippen LogP contribution is 2.12. The lowest BCUT2D eigenvalue weighted by atomic mass is 10.2. The quantitative estimate of drug-likeness (QED) is 0.816. The third-order valence-corrected chi connectivity index (χ3v) is 2.25. The normalized spacial score (nSPS) is 10.9. The fourth-order valence-corrected chi connectivity index (χ4v) is 1.42. The molecule has 2 heterocycles. The zero-order chi connectivity index (χ0) is 11.5. The molecule has 0 bridgehead atoms. The van der Waals surface area contributed by atoms with Gasteiger partial charge in [0.05, 0.1) is 23.6 Å². The minimum atomic E-state index is -0.126. The van der Waals surface area contributed by atoms with E-state index in [1.54, 1.807) is 18.7 Å². The van der Waals surface area contributed by atoms with Gasteiger partial charge in [-0.2, -0.15) is 0 Å². The monoisotopic (exact) mass is 218 g/mol. The molecule has 2 aromatic rings. The van der Waals surface area contributed by atoms with E-state index in [9.17, 15) is 4.79 Å². The highest BCUT2D eigenvalue weighted by Gasteiger charge is 2.12. The van der Waals surface area contributed by atoms with Gasteiger partial charge in [-0.05, 0) is 5.92 Å². The van der Waals surface area contributed by atoms with E-state index in [4.69, 9.17) is 0 Å². The Hall–Kier alpha value is -1.91. The first-order chi connectivity index (χ1) is 7.68. The van der Waals surface area contributed by atoms with Crippen molar-refractivity contribution in [1.29, 1.82) is 0 Å². The lowest BCUT2D eigenvalue weighted by Crippen LogP contribution is -2.27. The molecule has 2 rings (SSSR count). The molecule has 0 aliphatic carbocycles. The molecule has 0 fully saturated rings. The highest BCUT2D eigenvalue weighted by molar-refractivity contribution is 6.04. The van der Waals surface area contributed by atoms with Crippen molar-refractivity contribution in [2.24, 2.45) is 5.92 Å². The molecule has 0 spiro atoms. The summed E-state index contributed by atoms with van der Waals surface area (Å²) in [5.41, 5.74) is 1.95. The van der Waals surface area contributed by atoms with E-state index >= 15 is 0 Å². The Labute approximate surface area is 93.3 Å². The number of carbonyl (C=O) groups is 1. The highest BCUT2D eigenvalue weighted by atomic mass is 16.1. The van der Waals surface area contributed by atoms with Crippen LogP contribution in [0, 0.1) is 5.92 Å². The predicted molar refractivity (Wildman–Crippen MR) is 61.1 cm³/mol. The van der Waals surface area contributed by atoms with Gasteiger partial charge in [0.15, 0.2) is 0 Å². The number of carbonyl (C=O) groups excluding carboxylic acids is 1. The molecule has 2 aromatic heterocycles. The molecule has 1 amide bonds. The van der Waals surface area contributed by atoms with Crippen LogP contribution in [0.4, 0.5) is 0 Å². The number of nitrogens with one attached hydrogen (secondary N) is 2. The second-order valence-corrected chi connectivity index (χ2v) is 4.09. The Balaban J connectivity index is 2.25. The molecule has 0 aliphatic heterocycles. The summed E-state index contributed by atoms with van der Waals surface area (Å²) < 4.78 is 0. The second-order valence-electron chi connectivity index (χ2n) is 4.09. The zero-order valence-electron chi connectivity index (χ0n) is 9.32. The van der Waals surface area contributed by atoms with Crippen LogP contribution in [0.1, 0.15) is 24.2 Å². The molecule has 0 aromatic carbocycles. The first kappa shape index (κ1) is 10.6.